The maximum Gasteiger partial charge on any atom is 0.254 e. The topological polar surface area (TPSA) is 60.0 Å². The number of fused-ring (bicyclic) bond motifs is 1. The first kappa shape index (κ1) is 16.9. The van der Waals surface area contributed by atoms with Crippen LogP contribution in [0.15, 0.2) is 77.7 Å². The average molecular weight is 361 g/mol. The summed E-state index contributed by atoms with van der Waals surface area (Å²) in [5.74, 6) is 1.37. The summed E-state index contributed by atoms with van der Waals surface area (Å²) in [7, 11) is 1.75. The van der Waals surface area contributed by atoms with Crippen LogP contribution in [0, 0.1) is 0 Å². The normalized spacial score (nSPS) is 10.9. The molecule has 0 aliphatic heterocycles. The van der Waals surface area contributed by atoms with Crippen molar-refractivity contribution in [1.82, 2.24) is 14.3 Å². The van der Waals surface area contributed by atoms with Gasteiger partial charge in [-0.2, -0.15) is 0 Å². The molecule has 0 radical (unpaired) electrons. The van der Waals surface area contributed by atoms with E-state index in [1.807, 2.05) is 47.1 Å². The van der Waals surface area contributed by atoms with Crippen LogP contribution in [0.3, 0.4) is 0 Å². The molecule has 0 bridgehead atoms. The Bertz CT molecular complexity index is 1000. The maximum absolute atomic E-state index is 12.5. The number of rotatable bonds is 6. The van der Waals surface area contributed by atoms with Crippen molar-refractivity contribution in [3.05, 3.63) is 90.3 Å². The highest BCUT2D eigenvalue weighted by Gasteiger charge is 2.13. The van der Waals surface area contributed by atoms with Crippen LogP contribution in [0.5, 0.6) is 5.75 Å². The number of amides is 1. The summed E-state index contributed by atoms with van der Waals surface area (Å²) < 4.78 is 13.0. The molecule has 4 aromatic rings. The van der Waals surface area contributed by atoms with Crippen LogP contribution in [-0.4, -0.2) is 27.2 Å². The van der Waals surface area contributed by atoms with Gasteiger partial charge in [-0.05, 0) is 48.5 Å². The molecule has 0 aliphatic carbocycles. The van der Waals surface area contributed by atoms with Gasteiger partial charge < -0.3 is 18.5 Å². The molecule has 1 aromatic carbocycles. The van der Waals surface area contributed by atoms with Gasteiger partial charge in [-0.15, -0.1) is 0 Å². The second kappa shape index (κ2) is 7.37. The zero-order chi connectivity index (χ0) is 18.6. The van der Waals surface area contributed by atoms with Crippen LogP contribution in [-0.2, 0) is 13.2 Å². The second-order valence-electron chi connectivity index (χ2n) is 6.25. The van der Waals surface area contributed by atoms with Gasteiger partial charge in [0.1, 0.15) is 23.8 Å². The van der Waals surface area contributed by atoms with Crippen LogP contribution >= 0.6 is 0 Å². The third-order valence-corrected chi connectivity index (χ3v) is 4.22. The molecule has 0 aliphatic rings. The molecule has 4 rings (SSSR count). The summed E-state index contributed by atoms with van der Waals surface area (Å²) in [6, 6.07) is 16.6. The van der Waals surface area contributed by atoms with Gasteiger partial charge in [-0.25, -0.2) is 4.98 Å². The Balaban J connectivity index is 1.37. The molecule has 27 heavy (non-hydrogen) atoms. The number of imidazole rings is 1. The molecule has 0 fully saturated rings. The van der Waals surface area contributed by atoms with Gasteiger partial charge in [0.05, 0.1) is 18.5 Å². The number of pyridine rings is 1. The van der Waals surface area contributed by atoms with Crippen molar-refractivity contribution in [1.29, 1.82) is 0 Å². The monoisotopic (exact) mass is 361 g/mol. The third-order valence-electron chi connectivity index (χ3n) is 4.22. The van der Waals surface area contributed by atoms with Crippen molar-refractivity contribution >= 4 is 11.6 Å². The van der Waals surface area contributed by atoms with Crippen LogP contribution in [0.1, 0.15) is 21.8 Å². The van der Waals surface area contributed by atoms with Crippen LogP contribution in [0.25, 0.3) is 5.65 Å². The molecule has 0 atom stereocenters. The van der Waals surface area contributed by atoms with Crippen molar-refractivity contribution in [2.45, 2.75) is 13.2 Å². The lowest BCUT2D eigenvalue weighted by molar-refractivity contribution is 0.0775. The smallest absolute Gasteiger partial charge is 0.254 e. The number of carbonyl (C=O) groups is 1. The number of furan rings is 1. The summed E-state index contributed by atoms with van der Waals surface area (Å²) >= 11 is 0. The quantitative estimate of drug-likeness (QED) is 0.524. The Hall–Kier alpha value is -3.54. The van der Waals surface area contributed by atoms with E-state index in [0.717, 1.165) is 17.1 Å². The summed E-state index contributed by atoms with van der Waals surface area (Å²) in [5, 5.41) is 0. The maximum atomic E-state index is 12.5. The first-order chi connectivity index (χ1) is 13.2. The SMILES string of the molecule is CN(Cc1ccco1)C(=O)c1ccc(OCc2cn3ccccc3n2)cc1. The Morgan fingerprint density at radius 1 is 1.15 bits per heavy atom. The van der Waals surface area contributed by atoms with Crippen LogP contribution in [0.4, 0.5) is 0 Å². The molecule has 0 spiro atoms. The predicted molar refractivity (Wildman–Crippen MR) is 100 cm³/mol. The van der Waals surface area contributed by atoms with Gasteiger partial charge in [0.2, 0.25) is 0 Å². The zero-order valence-electron chi connectivity index (χ0n) is 14.9. The zero-order valence-corrected chi connectivity index (χ0v) is 14.9. The first-order valence-corrected chi connectivity index (χ1v) is 8.62. The van der Waals surface area contributed by atoms with Crippen LogP contribution in [0.2, 0.25) is 0 Å². The molecule has 0 N–H and O–H groups in total. The number of nitrogens with zero attached hydrogens (tertiary/aromatic N) is 3. The van der Waals surface area contributed by atoms with Gasteiger partial charge in [0.15, 0.2) is 0 Å². The molecule has 0 saturated heterocycles. The van der Waals surface area contributed by atoms with Crippen molar-refractivity contribution in [2.24, 2.45) is 0 Å². The van der Waals surface area contributed by atoms with E-state index >= 15 is 0 Å². The fourth-order valence-electron chi connectivity index (χ4n) is 2.84. The lowest BCUT2D eigenvalue weighted by Crippen LogP contribution is -2.25. The standard InChI is InChI=1S/C21H19N3O3/c1-23(14-19-5-4-12-26-19)21(25)16-7-9-18(10-8-16)27-15-17-13-24-11-3-2-6-20(24)22-17/h2-13H,14-15H2,1H3. The summed E-state index contributed by atoms with van der Waals surface area (Å²) in [4.78, 5) is 18.6. The lowest BCUT2D eigenvalue weighted by Gasteiger charge is -2.16. The van der Waals surface area contributed by atoms with E-state index < -0.39 is 0 Å². The molecule has 6 heteroatoms. The van der Waals surface area contributed by atoms with Gasteiger partial charge in [0.25, 0.3) is 5.91 Å². The van der Waals surface area contributed by atoms with E-state index in [1.54, 1.807) is 42.5 Å². The number of aromatic nitrogens is 2. The Kier molecular flexibility index (Phi) is 4.61. The van der Waals surface area contributed by atoms with Gasteiger partial charge in [-0.1, -0.05) is 6.07 Å². The average Bonchev–Trinajstić information content (AvgIpc) is 3.35. The van der Waals surface area contributed by atoms with E-state index in [1.165, 1.54) is 0 Å². The van der Waals surface area contributed by atoms with E-state index in [9.17, 15) is 4.79 Å². The second-order valence-corrected chi connectivity index (χ2v) is 6.25. The van der Waals surface area contributed by atoms with Crippen LogP contribution < -0.4 is 4.74 Å². The Morgan fingerprint density at radius 2 is 2.00 bits per heavy atom. The van der Waals surface area contributed by atoms with E-state index in [2.05, 4.69) is 4.98 Å². The summed E-state index contributed by atoms with van der Waals surface area (Å²) in [6.45, 7) is 0.797. The van der Waals surface area contributed by atoms with E-state index in [0.29, 0.717) is 24.5 Å². The fourth-order valence-corrected chi connectivity index (χ4v) is 2.84. The Morgan fingerprint density at radius 3 is 2.74 bits per heavy atom. The molecule has 136 valence electrons. The molecule has 0 saturated carbocycles. The van der Waals surface area contributed by atoms with Crippen molar-refractivity contribution in [3.63, 3.8) is 0 Å². The van der Waals surface area contributed by atoms with Gasteiger partial charge in [0, 0.05) is 25.0 Å². The molecule has 1 amide bonds. The molecule has 3 aromatic heterocycles. The number of ether oxygens (including phenoxy) is 1. The molecular formula is C21H19N3O3. The molecule has 6 nitrogen and oxygen atoms in total. The minimum atomic E-state index is -0.0710. The van der Waals surface area contributed by atoms with E-state index in [4.69, 9.17) is 9.15 Å². The highest BCUT2D eigenvalue weighted by molar-refractivity contribution is 5.94. The van der Waals surface area contributed by atoms with Gasteiger partial charge >= 0.3 is 0 Å². The minimum Gasteiger partial charge on any atom is -0.487 e. The Labute approximate surface area is 156 Å². The number of hydrogen-bond acceptors (Lipinski definition) is 4. The van der Waals surface area contributed by atoms with Crippen molar-refractivity contribution in [2.75, 3.05) is 7.05 Å². The van der Waals surface area contributed by atoms with Crippen molar-refractivity contribution < 1.29 is 13.9 Å². The molecule has 0 unspecified atom stereocenters. The summed E-state index contributed by atoms with van der Waals surface area (Å²) in [5.41, 5.74) is 2.33. The van der Waals surface area contributed by atoms with E-state index in [-0.39, 0.29) is 5.91 Å². The predicted octanol–water partition coefficient (Wildman–Crippen LogP) is 3.78. The number of benzene rings is 1. The first-order valence-electron chi connectivity index (χ1n) is 8.62. The molecular weight excluding hydrogens is 342 g/mol. The molecule has 3 heterocycles. The number of hydrogen-bond donors (Lipinski definition) is 0. The summed E-state index contributed by atoms with van der Waals surface area (Å²) in [6.07, 6.45) is 5.49. The largest absolute Gasteiger partial charge is 0.487 e. The highest BCUT2D eigenvalue weighted by atomic mass is 16.5. The minimum absolute atomic E-state index is 0.0710. The number of carbonyl (C=O) groups excluding carboxylic acids is 1. The van der Waals surface area contributed by atoms with Gasteiger partial charge in [-0.3, -0.25) is 4.79 Å². The van der Waals surface area contributed by atoms with Crippen molar-refractivity contribution in [3.8, 4) is 5.75 Å². The third kappa shape index (κ3) is 3.84. The highest BCUT2D eigenvalue weighted by Crippen LogP contribution is 2.16. The lowest BCUT2D eigenvalue weighted by atomic mass is 10.2. The fraction of sp³-hybridized carbons (Fsp3) is 0.143.